The second kappa shape index (κ2) is 12.0. The van der Waals surface area contributed by atoms with E-state index in [4.69, 9.17) is 26.1 Å². The molecule has 1 amide bonds. The van der Waals surface area contributed by atoms with E-state index in [0.717, 1.165) is 11.6 Å². The Labute approximate surface area is 265 Å². The van der Waals surface area contributed by atoms with Crippen LogP contribution in [0.15, 0.2) is 35.5 Å². The highest BCUT2D eigenvalue weighted by atomic mass is 35.5. The molecule has 0 saturated carbocycles. The summed E-state index contributed by atoms with van der Waals surface area (Å²) in [5.74, 6) is -0.564. The number of halogens is 2. The van der Waals surface area contributed by atoms with Gasteiger partial charge in [0.05, 0.1) is 41.7 Å². The van der Waals surface area contributed by atoms with Gasteiger partial charge < -0.3 is 9.47 Å². The van der Waals surface area contributed by atoms with Gasteiger partial charge in [-0.25, -0.2) is 19.2 Å². The largest absolute Gasteiger partial charge is 0.497 e. The molecule has 0 saturated heterocycles. The summed E-state index contributed by atoms with van der Waals surface area (Å²) < 4.78 is 27.2. The average Bonchev–Trinajstić information content (AvgIpc) is 2.97. The van der Waals surface area contributed by atoms with Crippen molar-refractivity contribution in [2.24, 2.45) is 0 Å². The molecule has 3 aromatic rings. The van der Waals surface area contributed by atoms with Crippen molar-refractivity contribution in [1.82, 2.24) is 14.9 Å². The highest BCUT2D eigenvalue weighted by Crippen LogP contribution is 2.50. The third kappa shape index (κ3) is 5.74. The number of thioether (sulfide) groups is 1. The fourth-order valence-electron chi connectivity index (χ4n) is 5.98. The Morgan fingerprint density at radius 2 is 1.98 bits per heavy atom. The maximum Gasteiger partial charge on any atom is 0.415 e. The van der Waals surface area contributed by atoms with E-state index in [1.54, 1.807) is 52.1 Å². The molecule has 1 aliphatic heterocycles. The van der Waals surface area contributed by atoms with Crippen LogP contribution in [0.3, 0.4) is 0 Å². The minimum absolute atomic E-state index is 0.0209. The fraction of sp³-hybridized carbons (Fsp3) is 0.406. The lowest BCUT2D eigenvalue weighted by atomic mass is 9.68. The lowest BCUT2D eigenvalue weighted by molar-refractivity contribution is 0.0576. The van der Waals surface area contributed by atoms with Gasteiger partial charge in [0.15, 0.2) is 10.9 Å². The van der Waals surface area contributed by atoms with Gasteiger partial charge in [0.1, 0.15) is 28.4 Å². The van der Waals surface area contributed by atoms with Gasteiger partial charge in [-0.2, -0.15) is 5.26 Å². The van der Waals surface area contributed by atoms with Crippen LogP contribution in [0.5, 0.6) is 5.75 Å². The summed E-state index contributed by atoms with van der Waals surface area (Å²) in [5, 5.41) is 11.6. The molecule has 5 rings (SSSR count). The molecule has 1 spiro atoms. The van der Waals surface area contributed by atoms with Crippen molar-refractivity contribution in [3.63, 3.8) is 0 Å². The lowest BCUT2D eigenvalue weighted by Crippen LogP contribution is -2.52. The molecule has 0 fully saturated rings. The number of ether oxygens (including phenoxy) is 2. The molecule has 0 radical (unpaired) electrons. The first-order valence-electron chi connectivity index (χ1n) is 14.1. The normalized spacial score (nSPS) is 17.9. The van der Waals surface area contributed by atoms with Crippen LogP contribution in [0.4, 0.5) is 14.9 Å². The first kappa shape index (κ1) is 31.7. The van der Waals surface area contributed by atoms with Gasteiger partial charge in [-0.1, -0.05) is 35.5 Å². The smallest absolute Gasteiger partial charge is 0.415 e. The van der Waals surface area contributed by atoms with Gasteiger partial charge >= 0.3 is 6.09 Å². The number of fused-ring (bicyclic) bond motifs is 3. The average molecular weight is 638 g/mol. The molecule has 0 bridgehead atoms. The Kier molecular flexibility index (Phi) is 8.64. The molecular weight excluding hydrogens is 605 g/mol. The molecular formula is C32H33ClFN5O4S. The summed E-state index contributed by atoms with van der Waals surface area (Å²) in [5.41, 5.74) is 0.476. The summed E-state index contributed by atoms with van der Waals surface area (Å²) in [6.07, 6.45) is 1.78. The number of nitrogens with zero attached hydrogens (tertiary/aromatic N) is 5. The maximum absolute atomic E-state index is 16.2. The van der Waals surface area contributed by atoms with E-state index in [1.807, 2.05) is 18.2 Å². The van der Waals surface area contributed by atoms with Crippen molar-refractivity contribution in [1.29, 1.82) is 5.26 Å². The van der Waals surface area contributed by atoms with Gasteiger partial charge in [-0.3, -0.25) is 14.6 Å². The van der Waals surface area contributed by atoms with Crippen molar-refractivity contribution in [3.8, 4) is 11.8 Å². The number of amides is 1. The Morgan fingerprint density at radius 1 is 1.27 bits per heavy atom. The van der Waals surface area contributed by atoms with E-state index in [2.05, 4.69) is 11.1 Å². The van der Waals surface area contributed by atoms with Gasteiger partial charge in [-0.05, 0) is 64.3 Å². The Morgan fingerprint density at radius 3 is 2.59 bits per heavy atom. The number of rotatable bonds is 5. The Bertz CT molecular complexity index is 1690. The number of nitriles is 1. The van der Waals surface area contributed by atoms with Crippen LogP contribution in [0.2, 0.25) is 5.15 Å². The predicted octanol–water partition coefficient (Wildman–Crippen LogP) is 6.67. The van der Waals surface area contributed by atoms with Crippen molar-refractivity contribution in [2.75, 3.05) is 25.3 Å². The SMILES string of the molecule is COc1ccc(CN(C(=O)OC(C)(C)C)c2cc(F)c3c(c2C#N)C2(CCC3=O)Cc3nc(SC)nc(Cl)c3CN2C)cc1. The summed E-state index contributed by atoms with van der Waals surface area (Å²) in [6, 6.07) is 10.4. The first-order valence-corrected chi connectivity index (χ1v) is 15.7. The van der Waals surface area contributed by atoms with Crippen LogP contribution in [-0.4, -0.2) is 52.8 Å². The van der Waals surface area contributed by atoms with E-state index in [0.29, 0.717) is 40.3 Å². The van der Waals surface area contributed by atoms with Crippen LogP contribution >= 0.6 is 23.4 Å². The van der Waals surface area contributed by atoms with Crippen LogP contribution in [0.25, 0.3) is 0 Å². The van der Waals surface area contributed by atoms with Gasteiger partial charge in [-0.15, -0.1) is 0 Å². The number of hydrogen-bond donors (Lipinski definition) is 0. The fourth-order valence-corrected chi connectivity index (χ4v) is 6.66. The zero-order valence-corrected chi connectivity index (χ0v) is 27.0. The molecule has 1 unspecified atom stereocenters. The minimum Gasteiger partial charge on any atom is -0.497 e. The zero-order chi connectivity index (χ0) is 32.0. The molecule has 230 valence electrons. The summed E-state index contributed by atoms with van der Waals surface area (Å²) in [7, 11) is 3.41. The molecule has 2 aromatic carbocycles. The molecule has 0 N–H and O–H groups in total. The van der Waals surface area contributed by atoms with Gasteiger partial charge in [0.25, 0.3) is 0 Å². The molecule has 44 heavy (non-hydrogen) atoms. The standard InChI is InChI=1S/C32H33ClFN5O4S/c1-31(2,3)43-30(41)39(16-18-7-9-19(42-5)10-8-18)24-13-22(34)26-25(40)11-12-32(27(26)20(24)15-35)14-23-21(17-38(32)4)28(33)37-29(36-23)44-6/h7-10,13H,11-12,14,16-17H2,1-6H3. The van der Waals surface area contributed by atoms with Crippen molar-refractivity contribution < 1.29 is 23.5 Å². The number of hydrogen-bond acceptors (Lipinski definition) is 9. The van der Waals surface area contributed by atoms with Crippen molar-refractivity contribution in [2.45, 2.75) is 69.4 Å². The van der Waals surface area contributed by atoms with Crippen molar-refractivity contribution >= 4 is 40.9 Å². The molecule has 12 heteroatoms. The quantitative estimate of drug-likeness (QED) is 0.172. The molecule has 9 nitrogen and oxygen atoms in total. The van der Waals surface area contributed by atoms with E-state index < -0.39 is 28.8 Å². The molecule has 1 atom stereocenters. The highest BCUT2D eigenvalue weighted by molar-refractivity contribution is 7.98. The Balaban J connectivity index is 1.73. The van der Waals surface area contributed by atoms with Gasteiger partial charge in [0.2, 0.25) is 0 Å². The second-order valence-electron chi connectivity index (χ2n) is 11.9. The number of likely N-dealkylation sites (N-methyl/N-ethyl adjacent to an activating group) is 1. The van der Waals surface area contributed by atoms with Crippen LogP contribution in [-0.2, 0) is 29.8 Å². The van der Waals surface area contributed by atoms with Crippen LogP contribution < -0.4 is 9.64 Å². The second-order valence-corrected chi connectivity index (χ2v) is 13.1. The van der Waals surface area contributed by atoms with E-state index in [9.17, 15) is 14.9 Å². The van der Waals surface area contributed by atoms with Gasteiger partial charge in [0, 0.05) is 30.5 Å². The number of benzene rings is 2. The number of carbonyl (C=O) groups is 2. The lowest BCUT2D eigenvalue weighted by Gasteiger charge is -2.49. The van der Waals surface area contributed by atoms with Crippen LogP contribution in [0, 0.1) is 17.1 Å². The minimum atomic E-state index is -0.967. The molecule has 1 aliphatic carbocycles. The van der Waals surface area contributed by atoms with Crippen molar-refractivity contribution in [3.05, 3.63) is 74.8 Å². The number of aromatic nitrogens is 2. The summed E-state index contributed by atoms with van der Waals surface area (Å²) >= 11 is 7.91. The first-order chi connectivity index (χ1) is 20.8. The highest BCUT2D eigenvalue weighted by Gasteiger charge is 2.50. The number of carbonyl (C=O) groups excluding carboxylic acids is 2. The number of ketones is 1. The topological polar surface area (TPSA) is 109 Å². The molecule has 1 aromatic heterocycles. The molecule has 2 aliphatic rings. The van der Waals surface area contributed by atoms with E-state index >= 15 is 4.39 Å². The number of Topliss-reactive ketones (excluding diaryl/α,β-unsaturated/α-hetero) is 1. The third-order valence-electron chi connectivity index (χ3n) is 8.07. The predicted molar refractivity (Wildman–Crippen MR) is 166 cm³/mol. The number of anilines is 1. The zero-order valence-electron chi connectivity index (χ0n) is 25.5. The van der Waals surface area contributed by atoms with Crippen LogP contribution in [0.1, 0.15) is 71.9 Å². The monoisotopic (exact) mass is 637 g/mol. The maximum atomic E-state index is 16.2. The van der Waals surface area contributed by atoms with E-state index in [1.165, 1.54) is 16.7 Å². The summed E-state index contributed by atoms with van der Waals surface area (Å²) in [6.45, 7) is 5.49. The van der Waals surface area contributed by atoms with E-state index in [-0.39, 0.29) is 41.8 Å². The number of methoxy groups -OCH3 is 1. The Hall–Kier alpha value is -3.72. The third-order valence-corrected chi connectivity index (χ3v) is 8.94. The molecule has 2 heterocycles. The summed E-state index contributed by atoms with van der Waals surface area (Å²) in [4.78, 5) is 39.4.